The zero-order valence-corrected chi connectivity index (χ0v) is 23.5. The second kappa shape index (κ2) is 11.6. The Morgan fingerprint density at radius 2 is 2.00 bits per heavy atom. The van der Waals surface area contributed by atoms with Gasteiger partial charge in [-0.1, -0.05) is 18.2 Å². The molecular formula is C24H33FN7O7P. The Kier molecular flexibility index (Phi) is 8.61. The number of ether oxygens (including phenoxy) is 2. The van der Waals surface area contributed by atoms with Crippen LogP contribution in [0.15, 0.2) is 36.7 Å². The van der Waals surface area contributed by atoms with Gasteiger partial charge in [-0.05, 0) is 39.8 Å². The molecule has 0 saturated carbocycles. The molecule has 3 heterocycles. The van der Waals surface area contributed by atoms with Crippen LogP contribution < -0.4 is 20.7 Å². The third kappa shape index (κ3) is 6.18. The Hall–Kier alpha value is -3.36. The van der Waals surface area contributed by atoms with Crippen molar-refractivity contribution in [1.82, 2.24) is 24.6 Å². The molecule has 0 spiro atoms. The standard InChI is InChI=1S/C24H33FN7O7P/c1-13(2)37-21(34)14(3)31-40(35,39-15-9-7-6-8-10-15)36-11-16-18(33)24(4,25)22(38-16)32-12-28-17-19(27-5)29-23(26)30-20(17)32/h6-10,12-14,16,18,22,33H,11H2,1-5H3,(H,31,35)(H3,26,27,29,30)/t14-,16-,18-,22?,24-,40-/m1/s1. The Bertz CT molecular complexity index is 1390. The minimum Gasteiger partial charge on any atom is -0.462 e. The molecule has 0 amide bonds. The molecule has 1 fully saturated rings. The van der Waals surface area contributed by atoms with Crippen LogP contribution in [0, 0.1) is 0 Å². The number of nitrogen functional groups attached to an aromatic ring is 1. The van der Waals surface area contributed by atoms with Crippen LogP contribution in [0.4, 0.5) is 16.2 Å². The number of fused-ring (bicyclic) bond motifs is 1. The molecule has 218 valence electrons. The highest BCUT2D eigenvalue weighted by atomic mass is 31.2. The molecule has 14 nitrogen and oxygen atoms in total. The highest BCUT2D eigenvalue weighted by Gasteiger charge is 2.56. The first-order valence-corrected chi connectivity index (χ1v) is 14.1. The summed E-state index contributed by atoms with van der Waals surface area (Å²) in [6, 6.07) is 7.05. The second-order valence-electron chi connectivity index (χ2n) is 9.66. The summed E-state index contributed by atoms with van der Waals surface area (Å²) in [4.78, 5) is 24.8. The highest BCUT2D eigenvalue weighted by Crippen LogP contribution is 2.48. The van der Waals surface area contributed by atoms with Crippen molar-refractivity contribution >= 4 is 36.6 Å². The van der Waals surface area contributed by atoms with Crippen molar-refractivity contribution in [3.05, 3.63) is 36.7 Å². The van der Waals surface area contributed by atoms with Gasteiger partial charge in [0.2, 0.25) is 5.95 Å². The molecule has 1 aliphatic heterocycles. The number of carbonyl (C=O) groups excluding carboxylic acids is 1. The number of aromatic nitrogens is 4. The lowest BCUT2D eigenvalue weighted by Gasteiger charge is -2.25. The van der Waals surface area contributed by atoms with Gasteiger partial charge < -0.3 is 30.2 Å². The minimum absolute atomic E-state index is 0.0761. The van der Waals surface area contributed by atoms with Gasteiger partial charge in [-0.2, -0.15) is 15.1 Å². The number of hydrogen-bond donors (Lipinski definition) is 4. The summed E-state index contributed by atoms with van der Waals surface area (Å²) in [6.07, 6.45) is -3.52. The van der Waals surface area contributed by atoms with E-state index < -0.39 is 56.6 Å². The number of hydrogen-bond acceptors (Lipinski definition) is 12. The van der Waals surface area contributed by atoms with Gasteiger partial charge in [-0.3, -0.25) is 13.9 Å². The lowest BCUT2D eigenvalue weighted by atomic mass is 9.98. The van der Waals surface area contributed by atoms with Gasteiger partial charge in [0.15, 0.2) is 28.9 Å². The highest BCUT2D eigenvalue weighted by molar-refractivity contribution is 7.52. The summed E-state index contributed by atoms with van der Waals surface area (Å²) in [5.74, 6) is -0.243. The van der Waals surface area contributed by atoms with Crippen molar-refractivity contribution in [2.75, 3.05) is 24.7 Å². The zero-order chi connectivity index (χ0) is 29.2. The number of imidazole rings is 1. The number of carbonyl (C=O) groups is 1. The van der Waals surface area contributed by atoms with Gasteiger partial charge in [0.05, 0.1) is 19.0 Å². The zero-order valence-electron chi connectivity index (χ0n) is 22.6. The second-order valence-corrected chi connectivity index (χ2v) is 11.4. The quantitative estimate of drug-likeness (QED) is 0.191. The molecule has 40 heavy (non-hydrogen) atoms. The van der Waals surface area contributed by atoms with Crippen molar-refractivity contribution in [3.63, 3.8) is 0 Å². The molecule has 2 aromatic heterocycles. The number of nitrogens with two attached hydrogens (primary N) is 1. The lowest BCUT2D eigenvalue weighted by Crippen LogP contribution is -2.41. The van der Waals surface area contributed by atoms with Crippen molar-refractivity contribution in [3.8, 4) is 5.75 Å². The number of aliphatic hydroxyl groups is 1. The van der Waals surface area contributed by atoms with E-state index in [0.717, 1.165) is 6.92 Å². The van der Waals surface area contributed by atoms with E-state index in [2.05, 4.69) is 25.4 Å². The van der Waals surface area contributed by atoms with E-state index >= 15 is 4.39 Å². The number of anilines is 2. The van der Waals surface area contributed by atoms with Crippen LogP contribution in [0.2, 0.25) is 0 Å². The Morgan fingerprint density at radius 3 is 2.65 bits per heavy atom. The van der Waals surface area contributed by atoms with Gasteiger partial charge in [0.1, 0.15) is 24.0 Å². The molecule has 0 radical (unpaired) electrons. The van der Waals surface area contributed by atoms with E-state index in [4.69, 9.17) is 24.3 Å². The van der Waals surface area contributed by atoms with Crippen LogP contribution in [0.25, 0.3) is 11.2 Å². The van der Waals surface area contributed by atoms with Crippen LogP contribution in [-0.2, 0) is 23.4 Å². The average Bonchev–Trinajstić information content (AvgIpc) is 3.40. The monoisotopic (exact) mass is 581 g/mol. The summed E-state index contributed by atoms with van der Waals surface area (Å²) < 4.78 is 53.2. The van der Waals surface area contributed by atoms with Gasteiger partial charge in [0, 0.05) is 7.05 Å². The first-order valence-electron chi connectivity index (χ1n) is 12.5. The maximum absolute atomic E-state index is 16.0. The topological polar surface area (TPSA) is 185 Å². The molecular weight excluding hydrogens is 548 g/mol. The van der Waals surface area contributed by atoms with Gasteiger partial charge >= 0.3 is 13.7 Å². The Balaban J connectivity index is 1.56. The van der Waals surface area contributed by atoms with Crippen molar-refractivity contribution in [2.24, 2.45) is 0 Å². The third-order valence-corrected chi connectivity index (χ3v) is 7.72. The number of nitrogens with zero attached hydrogens (tertiary/aromatic N) is 4. The molecule has 4 rings (SSSR count). The van der Waals surface area contributed by atoms with E-state index in [0.29, 0.717) is 11.3 Å². The molecule has 0 bridgehead atoms. The van der Waals surface area contributed by atoms with Crippen molar-refractivity contribution in [2.45, 2.75) is 63.9 Å². The van der Waals surface area contributed by atoms with Crippen LogP contribution >= 0.6 is 7.75 Å². The number of alkyl halides is 1. The third-order valence-electron chi connectivity index (χ3n) is 6.08. The Labute approximate surface area is 230 Å². The molecule has 1 aromatic carbocycles. The summed E-state index contributed by atoms with van der Waals surface area (Å²) in [7, 11) is -2.66. The van der Waals surface area contributed by atoms with E-state index in [1.807, 2.05) is 0 Å². The predicted octanol–water partition coefficient (Wildman–Crippen LogP) is 2.57. The molecule has 1 aliphatic rings. The number of benzene rings is 1. The first kappa shape index (κ1) is 29.6. The number of rotatable bonds is 11. The van der Waals surface area contributed by atoms with Crippen LogP contribution in [-0.4, -0.2) is 74.3 Å². The maximum Gasteiger partial charge on any atom is 0.459 e. The van der Waals surface area contributed by atoms with Crippen LogP contribution in [0.5, 0.6) is 5.75 Å². The molecule has 6 atom stereocenters. The molecule has 1 unspecified atom stereocenters. The largest absolute Gasteiger partial charge is 0.462 e. The fourth-order valence-electron chi connectivity index (χ4n) is 4.14. The van der Waals surface area contributed by atoms with E-state index in [1.165, 1.54) is 17.8 Å². The van der Waals surface area contributed by atoms with Crippen molar-refractivity contribution in [1.29, 1.82) is 0 Å². The summed E-state index contributed by atoms with van der Waals surface area (Å²) >= 11 is 0. The fraction of sp³-hybridized carbons (Fsp3) is 0.500. The first-order chi connectivity index (χ1) is 18.8. The van der Waals surface area contributed by atoms with Gasteiger partial charge in [0.25, 0.3) is 0 Å². The van der Waals surface area contributed by atoms with E-state index in [-0.39, 0.29) is 17.3 Å². The molecule has 5 N–H and O–H groups in total. The van der Waals surface area contributed by atoms with E-state index in [9.17, 15) is 14.5 Å². The molecule has 1 saturated heterocycles. The minimum atomic E-state index is -4.28. The number of halogens is 1. The molecule has 16 heteroatoms. The number of esters is 1. The molecule has 0 aliphatic carbocycles. The van der Waals surface area contributed by atoms with Gasteiger partial charge in [-0.15, -0.1) is 0 Å². The SMILES string of the molecule is CNc1nc(N)nc2c1ncn2C1O[C@H](CO[P@](=O)(N[C@H](C)C(=O)OC(C)C)Oc2ccccc2)[C@@H](O)[C@@]1(C)F. The molecule has 3 aromatic rings. The number of para-hydroxylation sites is 1. The summed E-state index contributed by atoms with van der Waals surface area (Å²) in [6.45, 7) is 5.37. The fourth-order valence-corrected chi connectivity index (χ4v) is 5.64. The Morgan fingerprint density at radius 1 is 1.30 bits per heavy atom. The lowest BCUT2D eigenvalue weighted by molar-refractivity contribution is -0.149. The summed E-state index contributed by atoms with van der Waals surface area (Å²) in [5, 5.41) is 16.2. The summed E-state index contributed by atoms with van der Waals surface area (Å²) in [5.41, 5.74) is 3.94. The maximum atomic E-state index is 16.0. The average molecular weight is 582 g/mol. The van der Waals surface area contributed by atoms with Gasteiger partial charge in [-0.25, -0.2) is 13.9 Å². The number of aliphatic hydroxyl groups excluding tert-OH is 1. The smallest absolute Gasteiger partial charge is 0.459 e. The normalized spacial score (nSPS) is 25.1. The van der Waals surface area contributed by atoms with Crippen molar-refractivity contribution < 1.29 is 37.4 Å². The predicted molar refractivity (Wildman–Crippen MR) is 143 cm³/mol. The van der Waals surface area contributed by atoms with Crippen LogP contribution in [0.3, 0.4) is 0 Å². The van der Waals surface area contributed by atoms with Crippen LogP contribution in [0.1, 0.15) is 33.9 Å². The van der Waals surface area contributed by atoms with E-state index in [1.54, 1.807) is 51.2 Å². The number of nitrogens with one attached hydrogen (secondary N) is 2.